The number of nitrogens with zero attached hydrogens (tertiary/aromatic N) is 1. The van der Waals surface area contributed by atoms with Crippen LogP contribution in [0, 0.1) is 5.82 Å². The highest BCUT2D eigenvalue weighted by molar-refractivity contribution is 6.31. The van der Waals surface area contributed by atoms with E-state index in [4.69, 9.17) is 11.6 Å². The summed E-state index contributed by atoms with van der Waals surface area (Å²) in [6.45, 7) is 6.90. The molecule has 1 aromatic carbocycles. The molecule has 1 rings (SSSR count). The minimum Gasteiger partial charge on any atom is -0.341 e. The normalized spacial score (nSPS) is 11.5. The molecule has 0 fully saturated rings. The van der Waals surface area contributed by atoms with E-state index >= 15 is 0 Å². The van der Waals surface area contributed by atoms with Gasteiger partial charge in [0.15, 0.2) is 0 Å². The van der Waals surface area contributed by atoms with E-state index in [9.17, 15) is 9.18 Å². The van der Waals surface area contributed by atoms with Crippen LogP contribution in [-0.4, -0.2) is 29.9 Å². The Morgan fingerprint density at radius 3 is 2.60 bits per heavy atom. The Labute approximate surface area is 125 Å². The first-order valence-electron chi connectivity index (χ1n) is 6.62. The van der Waals surface area contributed by atoms with Crippen molar-refractivity contribution in [2.24, 2.45) is 0 Å². The van der Waals surface area contributed by atoms with Crippen LogP contribution in [0.15, 0.2) is 18.2 Å². The fraction of sp³-hybridized carbons (Fsp3) is 0.533. The summed E-state index contributed by atoms with van der Waals surface area (Å²) in [6, 6.07) is 4.52. The maximum atomic E-state index is 13.6. The van der Waals surface area contributed by atoms with Gasteiger partial charge in [-0.1, -0.05) is 17.7 Å². The molecule has 0 saturated heterocycles. The zero-order valence-electron chi connectivity index (χ0n) is 12.5. The minimum absolute atomic E-state index is 0.0201. The van der Waals surface area contributed by atoms with Crippen molar-refractivity contribution in [3.8, 4) is 0 Å². The largest absolute Gasteiger partial charge is 0.341 e. The second kappa shape index (κ2) is 7.04. The van der Waals surface area contributed by atoms with Crippen molar-refractivity contribution in [1.29, 1.82) is 0 Å². The molecule has 1 aromatic rings. The first-order valence-corrected chi connectivity index (χ1v) is 7.00. The molecule has 0 aromatic heterocycles. The zero-order valence-corrected chi connectivity index (χ0v) is 13.2. The van der Waals surface area contributed by atoms with Crippen molar-refractivity contribution in [2.45, 2.75) is 39.3 Å². The fourth-order valence-corrected chi connectivity index (χ4v) is 1.97. The van der Waals surface area contributed by atoms with Gasteiger partial charge in [-0.05, 0) is 32.9 Å². The molecule has 0 spiro atoms. The van der Waals surface area contributed by atoms with Gasteiger partial charge in [-0.25, -0.2) is 4.39 Å². The van der Waals surface area contributed by atoms with Gasteiger partial charge in [-0.3, -0.25) is 4.79 Å². The number of carbonyl (C=O) groups excluding carboxylic acids is 1. The molecule has 1 N–H and O–H groups in total. The molecule has 0 aliphatic rings. The lowest BCUT2D eigenvalue weighted by atomic mass is 10.1. The lowest BCUT2D eigenvalue weighted by Gasteiger charge is -2.22. The third-order valence-electron chi connectivity index (χ3n) is 2.88. The van der Waals surface area contributed by atoms with E-state index in [1.54, 1.807) is 19.2 Å². The SMILES string of the molecule is CN(Cc1c(F)cccc1Cl)C(=O)CCNC(C)(C)C. The maximum absolute atomic E-state index is 13.6. The Kier molecular flexibility index (Phi) is 5.96. The summed E-state index contributed by atoms with van der Waals surface area (Å²) in [7, 11) is 1.65. The molecule has 1 amide bonds. The van der Waals surface area contributed by atoms with E-state index in [1.807, 2.05) is 20.8 Å². The molecular weight excluding hydrogens is 279 g/mol. The Morgan fingerprint density at radius 1 is 1.40 bits per heavy atom. The fourth-order valence-electron chi connectivity index (χ4n) is 1.74. The van der Waals surface area contributed by atoms with Crippen LogP contribution in [-0.2, 0) is 11.3 Å². The lowest BCUT2D eigenvalue weighted by Crippen LogP contribution is -2.38. The summed E-state index contributed by atoms with van der Waals surface area (Å²) in [4.78, 5) is 13.5. The van der Waals surface area contributed by atoms with Gasteiger partial charge < -0.3 is 10.2 Å². The van der Waals surface area contributed by atoms with Crippen molar-refractivity contribution >= 4 is 17.5 Å². The number of benzene rings is 1. The Balaban J connectivity index is 2.54. The molecule has 0 bridgehead atoms. The molecular formula is C15H22ClFN2O. The van der Waals surface area contributed by atoms with Gasteiger partial charge in [-0.2, -0.15) is 0 Å². The summed E-state index contributed by atoms with van der Waals surface area (Å²) in [5.74, 6) is -0.425. The second-order valence-electron chi connectivity index (χ2n) is 5.88. The average molecular weight is 301 g/mol. The van der Waals surface area contributed by atoms with Gasteiger partial charge >= 0.3 is 0 Å². The molecule has 0 unspecified atom stereocenters. The van der Waals surface area contributed by atoms with Gasteiger partial charge in [0.25, 0.3) is 0 Å². The Morgan fingerprint density at radius 2 is 2.05 bits per heavy atom. The molecule has 0 atom stereocenters. The highest BCUT2D eigenvalue weighted by Gasteiger charge is 2.15. The molecule has 20 heavy (non-hydrogen) atoms. The molecule has 0 heterocycles. The molecule has 0 aliphatic carbocycles. The van der Waals surface area contributed by atoms with Crippen molar-refractivity contribution in [2.75, 3.05) is 13.6 Å². The van der Waals surface area contributed by atoms with E-state index < -0.39 is 0 Å². The number of hydrogen-bond donors (Lipinski definition) is 1. The summed E-state index contributed by atoms with van der Waals surface area (Å²) in [5.41, 5.74) is 0.335. The predicted molar refractivity (Wildman–Crippen MR) is 80.3 cm³/mol. The third kappa shape index (κ3) is 5.47. The van der Waals surface area contributed by atoms with Crippen molar-refractivity contribution < 1.29 is 9.18 Å². The highest BCUT2D eigenvalue weighted by Crippen LogP contribution is 2.20. The molecule has 112 valence electrons. The molecule has 5 heteroatoms. The Bertz CT molecular complexity index is 451. The van der Waals surface area contributed by atoms with E-state index in [1.165, 1.54) is 11.0 Å². The average Bonchev–Trinajstić information content (AvgIpc) is 2.32. The van der Waals surface area contributed by atoms with Crippen molar-refractivity contribution in [3.05, 3.63) is 34.6 Å². The van der Waals surface area contributed by atoms with Crippen LogP contribution >= 0.6 is 11.6 Å². The van der Waals surface area contributed by atoms with E-state index in [0.717, 1.165) is 0 Å². The monoisotopic (exact) mass is 300 g/mol. The first kappa shape index (κ1) is 16.9. The Hall–Kier alpha value is -1.13. The highest BCUT2D eigenvalue weighted by atomic mass is 35.5. The number of rotatable bonds is 5. The number of amides is 1. The predicted octanol–water partition coefficient (Wildman–Crippen LogP) is 3.22. The first-order chi connectivity index (χ1) is 9.20. The van der Waals surface area contributed by atoms with Gasteiger partial charge in [0.05, 0.1) is 0 Å². The topological polar surface area (TPSA) is 32.3 Å². The van der Waals surface area contributed by atoms with Crippen molar-refractivity contribution in [3.63, 3.8) is 0 Å². The summed E-state index contributed by atoms with van der Waals surface area (Å²) >= 11 is 5.95. The van der Waals surface area contributed by atoms with Crippen molar-refractivity contribution in [1.82, 2.24) is 10.2 Å². The maximum Gasteiger partial charge on any atom is 0.223 e. The minimum atomic E-state index is -0.384. The quantitative estimate of drug-likeness (QED) is 0.905. The second-order valence-corrected chi connectivity index (χ2v) is 6.28. The van der Waals surface area contributed by atoms with Crippen LogP contribution in [0.25, 0.3) is 0 Å². The standard InChI is InChI=1S/C15H22ClFN2O/c1-15(2,3)18-9-8-14(20)19(4)10-11-12(16)6-5-7-13(11)17/h5-7,18H,8-10H2,1-4H3. The molecule has 0 radical (unpaired) electrons. The number of carbonyl (C=O) groups is 1. The number of halogens is 2. The number of hydrogen-bond acceptors (Lipinski definition) is 2. The lowest BCUT2D eigenvalue weighted by molar-refractivity contribution is -0.130. The van der Waals surface area contributed by atoms with E-state index in [-0.39, 0.29) is 23.8 Å². The van der Waals surface area contributed by atoms with Crippen LogP contribution in [0.5, 0.6) is 0 Å². The summed E-state index contributed by atoms with van der Waals surface area (Å²) in [6.07, 6.45) is 0.375. The third-order valence-corrected chi connectivity index (χ3v) is 3.23. The van der Waals surface area contributed by atoms with Crippen LogP contribution in [0.1, 0.15) is 32.8 Å². The van der Waals surface area contributed by atoms with Crippen LogP contribution < -0.4 is 5.32 Å². The molecule has 0 saturated carbocycles. The van der Waals surface area contributed by atoms with E-state index in [0.29, 0.717) is 23.6 Å². The van der Waals surface area contributed by atoms with Crippen LogP contribution in [0.4, 0.5) is 4.39 Å². The van der Waals surface area contributed by atoms with Gasteiger partial charge in [-0.15, -0.1) is 0 Å². The summed E-state index contributed by atoms with van der Waals surface area (Å²) in [5, 5.41) is 3.59. The smallest absolute Gasteiger partial charge is 0.223 e. The zero-order chi connectivity index (χ0) is 15.3. The van der Waals surface area contributed by atoms with E-state index in [2.05, 4.69) is 5.32 Å². The molecule has 0 aliphatic heterocycles. The van der Waals surface area contributed by atoms with Crippen LogP contribution in [0.2, 0.25) is 5.02 Å². The van der Waals surface area contributed by atoms with Crippen LogP contribution in [0.3, 0.4) is 0 Å². The van der Waals surface area contributed by atoms with Gasteiger partial charge in [0.2, 0.25) is 5.91 Å². The number of nitrogens with one attached hydrogen (secondary N) is 1. The van der Waals surface area contributed by atoms with Gasteiger partial charge in [0, 0.05) is 42.7 Å². The molecule has 3 nitrogen and oxygen atoms in total. The van der Waals surface area contributed by atoms with Gasteiger partial charge in [0.1, 0.15) is 5.82 Å². The summed E-state index contributed by atoms with van der Waals surface area (Å²) < 4.78 is 13.6.